The zero-order valence-corrected chi connectivity index (χ0v) is 8.07. The van der Waals surface area contributed by atoms with Crippen LogP contribution in [0.25, 0.3) is 0 Å². The van der Waals surface area contributed by atoms with Crippen LogP contribution in [0.3, 0.4) is 0 Å². The molecule has 0 bridgehead atoms. The molecule has 0 N–H and O–H groups in total. The van der Waals surface area contributed by atoms with Gasteiger partial charge in [0.15, 0.2) is 0 Å². The molecule has 14 heavy (non-hydrogen) atoms. The molecule has 0 fully saturated rings. The lowest BCUT2D eigenvalue weighted by molar-refractivity contribution is -0.138. The van der Waals surface area contributed by atoms with Gasteiger partial charge in [0.05, 0.1) is 5.56 Å². The lowest BCUT2D eigenvalue weighted by atomic mass is 9.65. The average molecular weight is 200 g/mol. The van der Waals surface area contributed by atoms with Gasteiger partial charge in [0, 0.05) is 0 Å². The lowest BCUT2D eigenvalue weighted by Crippen LogP contribution is -2.34. The maximum absolute atomic E-state index is 12.5. The Hall–Kier alpha value is -0.990. The van der Waals surface area contributed by atoms with Gasteiger partial charge in [-0.2, -0.15) is 13.2 Å². The first-order chi connectivity index (χ1) is 6.32. The van der Waals surface area contributed by atoms with Crippen LogP contribution in [0.5, 0.6) is 0 Å². The summed E-state index contributed by atoms with van der Waals surface area (Å²) in [4.78, 5) is 0. The Bertz CT molecular complexity index is 375. The van der Waals surface area contributed by atoms with E-state index in [1.807, 2.05) is 13.8 Å². The summed E-state index contributed by atoms with van der Waals surface area (Å²) in [6.07, 6.45) is -3.68. The number of hydrogen-bond acceptors (Lipinski definition) is 0. The van der Waals surface area contributed by atoms with E-state index in [-0.39, 0.29) is 5.41 Å². The number of benzene rings is 1. The van der Waals surface area contributed by atoms with E-state index in [1.165, 1.54) is 6.07 Å². The van der Waals surface area contributed by atoms with Gasteiger partial charge in [-0.15, -0.1) is 0 Å². The van der Waals surface area contributed by atoms with Crippen molar-refractivity contribution < 1.29 is 13.2 Å². The van der Waals surface area contributed by atoms with Crippen molar-refractivity contribution in [3.8, 4) is 0 Å². The molecule has 0 nitrogen and oxygen atoms in total. The summed E-state index contributed by atoms with van der Waals surface area (Å²) in [5.41, 5.74) is 0.767. The Morgan fingerprint density at radius 3 is 2.36 bits per heavy atom. The molecule has 0 unspecified atom stereocenters. The van der Waals surface area contributed by atoms with Crippen LogP contribution in [-0.4, -0.2) is 0 Å². The highest BCUT2D eigenvalue weighted by molar-refractivity contribution is 5.49. The van der Waals surface area contributed by atoms with Gasteiger partial charge in [0.25, 0.3) is 0 Å². The first-order valence-electron chi connectivity index (χ1n) is 4.52. The predicted molar refractivity (Wildman–Crippen MR) is 48.2 cm³/mol. The molecule has 0 saturated carbocycles. The summed E-state index contributed by atoms with van der Waals surface area (Å²) in [7, 11) is 0. The fourth-order valence-electron chi connectivity index (χ4n) is 2.11. The van der Waals surface area contributed by atoms with Crippen molar-refractivity contribution in [2.45, 2.75) is 31.9 Å². The van der Waals surface area contributed by atoms with E-state index < -0.39 is 11.7 Å². The molecule has 0 heterocycles. The van der Waals surface area contributed by atoms with Crippen LogP contribution < -0.4 is 0 Å². The molecule has 2 rings (SSSR count). The van der Waals surface area contributed by atoms with Crippen LogP contribution in [0.1, 0.15) is 30.5 Å². The summed E-state index contributed by atoms with van der Waals surface area (Å²) >= 11 is 0. The molecular formula is C11H11F3. The molecule has 0 amide bonds. The van der Waals surface area contributed by atoms with Gasteiger partial charge < -0.3 is 0 Å². The molecule has 0 saturated heterocycles. The maximum Gasteiger partial charge on any atom is 0.416 e. The lowest BCUT2D eigenvalue weighted by Gasteiger charge is -2.39. The third kappa shape index (κ3) is 1.22. The topological polar surface area (TPSA) is 0 Å². The van der Waals surface area contributed by atoms with E-state index in [9.17, 15) is 13.2 Å². The second kappa shape index (κ2) is 2.53. The van der Waals surface area contributed by atoms with Gasteiger partial charge in [-0.25, -0.2) is 0 Å². The van der Waals surface area contributed by atoms with E-state index in [1.54, 1.807) is 6.07 Å². The third-order valence-electron chi connectivity index (χ3n) is 2.83. The highest BCUT2D eigenvalue weighted by atomic mass is 19.4. The van der Waals surface area contributed by atoms with Crippen molar-refractivity contribution in [1.82, 2.24) is 0 Å². The summed E-state index contributed by atoms with van der Waals surface area (Å²) in [5, 5.41) is 0. The standard InChI is InChI=1S/C11H11F3/c1-10(2)6-7-8(10)4-3-5-9(7)11(12,13)14/h3-5H,6H2,1-2H3. The molecule has 0 spiro atoms. The minimum atomic E-state index is -4.21. The van der Waals surface area contributed by atoms with Gasteiger partial charge in [0.2, 0.25) is 0 Å². The summed E-state index contributed by atoms with van der Waals surface area (Å²) in [5.74, 6) is 0. The van der Waals surface area contributed by atoms with Gasteiger partial charge >= 0.3 is 6.18 Å². The number of rotatable bonds is 0. The van der Waals surface area contributed by atoms with E-state index in [0.29, 0.717) is 12.0 Å². The number of alkyl halides is 3. The minimum Gasteiger partial charge on any atom is -0.166 e. The number of fused-ring (bicyclic) bond motifs is 1. The SMILES string of the molecule is CC1(C)Cc2c(C(F)(F)F)cccc21. The predicted octanol–water partition coefficient (Wildman–Crippen LogP) is 3.54. The van der Waals surface area contributed by atoms with E-state index >= 15 is 0 Å². The monoisotopic (exact) mass is 200 g/mol. The molecule has 1 aliphatic rings. The van der Waals surface area contributed by atoms with Gasteiger partial charge in [-0.3, -0.25) is 0 Å². The van der Waals surface area contributed by atoms with E-state index in [0.717, 1.165) is 11.6 Å². The van der Waals surface area contributed by atoms with Crippen LogP contribution in [0, 0.1) is 0 Å². The zero-order chi connectivity index (χ0) is 10.6. The fraction of sp³-hybridized carbons (Fsp3) is 0.455. The smallest absolute Gasteiger partial charge is 0.166 e. The molecule has 76 valence electrons. The molecule has 3 heteroatoms. The summed E-state index contributed by atoms with van der Waals surface area (Å²) in [6.45, 7) is 3.94. The van der Waals surface area contributed by atoms with Gasteiger partial charge in [-0.05, 0) is 29.0 Å². The first kappa shape index (κ1) is 9.56. The van der Waals surface area contributed by atoms with Crippen LogP contribution in [0.15, 0.2) is 18.2 Å². The van der Waals surface area contributed by atoms with Crippen molar-refractivity contribution in [1.29, 1.82) is 0 Å². The molecule has 0 aliphatic heterocycles. The molecular weight excluding hydrogens is 189 g/mol. The Labute approximate surface area is 80.7 Å². The molecule has 0 radical (unpaired) electrons. The second-order valence-electron chi connectivity index (χ2n) is 4.39. The Morgan fingerprint density at radius 2 is 1.86 bits per heavy atom. The molecule has 1 aromatic carbocycles. The van der Waals surface area contributed by atoms with Crippen molar-refractivity contribution in [2.24, 2.45) is 0 Å². The van der Waals surface area contributed by atoms with Crippen LogP contribution in [0.2, 0.25) is 0 Å². The van der Waals surface area contributed by atoms with Crippen molar-refractivity contribution >= 4 is 0 Å². The Kier molecular flexibility index (Phi) is 1.72. The minimum absolute atomic E-state index is 0.0867. The van der Waals surface area contributed by atoms with Crippen LogP contribution in [-0.2, 0) is 18.0 Å². The molecule has 1 aliphatic carbocycles. The van der Waals surface area contributed by atoms with Crippen molar-refractivity contribution in [2.75, 3.05) is 0 Å². The highest BCUT2D eigenvalue weighted by Crippen LogP contribution is 2.46. The van der Waals surface area contributed by atoms with Gasteiger partial charge in [0.1, 0.15) is 0 Å². The Morgan fingerprint density at radius 1 is 1.21 bits per heavy atom. The van der Waals surface area contributed by atoms with Gasteiger partial charge in [-0.1, -0.05) is 26.0 Å². The van der Waals surface area contributed by atoms with Crippen LogP contribution in [0.4, 0.5) is 13.2 Å². The average Bonchev–Trinajstić information content (AvgIpc) is 2.00. The van der Waals surface area contributed by atoms with Crippen molar-refractivity contribution in [3.63, 3.8) is 0 Å². The second-order valence-corrected chi connectivity index (χ2v) is 4.39. The Balaban J connectivity index is 2.53. The maximum atomic E-state index is 12.5. The molecule has 1 aromatic rings. The number of hydrogen-bond donors (Lipinski definition) is 0. The first-order valence-corrected chi connectivity index (χ1v) is 4.52. The molecule has 0 aromatic heterocycles. The van der Waals surface area contributed by atoms with E-state index in [4.69, 9.17) is 0 Å². The van der Waals surface area contributed by atoms with Crippen LogP contribution >= 0.6 is 0 Å². The molecule has 0 atom stereocenters. The highest BCUT2D eigenvalue weighted by Gasteiger charge is 2.42. The van der Waals surface area contributed by atoms with Crippen molar-refractivity contribution in [3.05, 3.63) is 34.9 Å². The summed E-state index contributed by atoms with van der Waals surface area (Å²) in [6, 6.07) is 4.44. The largest absolute Gasteiger partial charge is 0.416 e. The number of halogens is 3. The fourth-order valence-corrected chi connectivity index (χ4v) is 2.11. The van der Waals surface area contributed by atoms with E-state index in [2.05, 4.69) is 0 Å². The summed E-state index contributed by atoms with van der Waals surface area (Å²) < 4.78 is 37.5. The quantitative estimate of drug-likeness (QED) is 0.600. The third-order valence-corrected chi connectivity index (χ3v) is 2.83. The normalized spacial score (nSPS) is 18.6. The zero-order valence-electron chi connectivity index (χ0n) is 8.07.